The van der Waals surface area contributed by atoms with E-state index in [0.29, 0.717) is 11.8 Å². The predicted molar refractivity (Wildman–Crippen MR) is 77.1 cm³/mol. The third-order valence-corrected chi connectivity index (χ3v) is 4.54. The zero-order valence-corrected chi connectivity index (χ0v) is 12.3. The van der Waals surface area contributed by atoms with Gasteiger partial charge in [0, 0.05) is 23.7 Å². The fourth-order valence-corrected chi connectivity index (χ4v) is 3.43. The Morgan fingerprint density at radius 3 is 2.44 bits per heavy atom. The van der Waals surface area contributed by atoms with Crippen LogP contribution in [-0.4, -0.2) is 23.3 Å². The number of hydrogen-bond acceptors (Lipinski definition) is 3. The SMILES string of the molecule is C=C(C)NC1CC(C)C(O)C1C(N)C(CC)CC. The highest BCUT2D eigenvalue weighted by molar-refractivity contribution is 5.03. The van der Waals surface area contributed by atoms with Crippen LogP contribution in [0.15, 0.2) is 12.3 Å². The zero-order chi connectivity index (χ0) is 13.9. The molecule has 0 spiro atoms. The van der Waals surface area contributed by atoms with Crippen LogP contribution in [0, 0.1) is 17.8 Å². The van der Waals surface area contributed by atoms with Gasteiger partial charge in [-0.3, -0.25) is 0 Å². The van der Waals surface area contributed by atoms with Crippen molar-refractivity contribution in [2.75, 3.05) is 0 Å². The molecule has 4 N–H and O–H groups in total. The van der Waals surface area contributed by atoms with Crippen LogP contribution >= 0.6 is 0 Å². The molecule has 1 rings (SSSR count). The molecule has 1 aliphatic rings. The van der Waals surface area contributed by atoms with Crippen LogP contribution in [-0.2, 0) is 0 Å². The lowest BCUT2D eigenvalue weighted by molar-refractivity contribution is 0.0674. The summed E-state index contributed by atoms with van der Waals surface area (Å²) in [6.07, 6.45) is 2.84. The molecule has 1 saturated carbocycles. The summed E-state index contributed by atoms with van der Waals surface area (Å²) in [4.78, 5) is 0. The minimum Gasteiger partial charge on any atom is -0.392 e. The maximum atomic E-state index is 10.4. The third kappa shape index (κ3) is 3.27. The average Bonchev–Trinajstić information content (AvgIpc) is 2.55. The molecule has 3 nitrogen and oxygen atoms in total. The molecular formula is C15H30N2O. The summed E-state index contributed by atoms with van der Waals surface area (Å²) in [7, 11) is 0. The summed E-state index contributed by atoms with van der Waals surface area (Å²) in [6, 6.07) is 0.333. The smallest absolute Gasteiger partial charge is 0.0629 e. The van der Waals surface area contributed by atoms with E-state index in [1.54, 1.807) is 0 Å². The first-order valence-corrected chi connectivity index (χ1v) is 7.27. The minimum absolute atomic E-state index is 0.0665. The molecule has 0 radical (unpaired) electrons. The molecular weight excluding hydrogens is 224 g/mol. The van der Waals surface area contributed by atoms with Crippen molar-refractivity contribution in [3.05, 3.63) is 12.3 Å². The van der Waals surface area contributed by atoms with Crippen molar-refractivity contribution in [1.29, 1.82) is 0 Å². The lowest BCUT2D eigenvalue weighted by atomic mass is 9.81. The predicted octanol–water partition coefficient (Wildman–Crippen LogP) is 2.26. The van der Waals surface area contributed by atoms with Gasteiger partial charge in [-0.1, -0.05) is 40.2 Å². The molecule has 5 unspecified atom stereocenters. The molecule has 0 saturated heterocycles. The van der Waals surface area contributed by atoms with Gasteiger partial charge in [0.1, 0.15) is 0 Å². The number of allylic oxidation sites excluding steroid dienone is 1. The van der Waals surface area contributed by atoms with Crippen molar-refractivity contribution in [1.82, 2.24) is 5.32 Å². The first kappa shape index (κ1) is 15.5. The zero-order valence-electron chi connectivity index (χ0n) is 12.3. The van der Waals surface area contributed by atoms with Crippen molar-refractivity contribution >= 4 is 0 Å². The second-order valence-electron chi connectivity index (χ2n) is 5.97. The van der Waals surface area contributed by atoms with E-state index in [1.807, 2.05) is 6.92 Å². The van der Waals surface area contributed by atoms with Crippen LogP contribution < -0.4 is 11.1 Å². The Balaban J connectivity index is 2.82. The number of aliphatic hydroxyl groups excluding tert-OH is 1. The molecule has 0 aromatic rings. The summed E-state index contributed by atoms with van der Waals surface area (Å²) in [6.45, 7) is 12.4. The van der Waals surface area contributed by atoms with Crippen molar-refractivity contribution in [2.45, 2.75) is 65.1 Å². The fraction of sp³-hybridized carbons (Fsp3) is 0.867. The maximum absolute atomic E-state index is 10.4. The molecule has 0 aromatic carbocycles. The lowest BCUT2D eigenvalue weighted by Gasteiger charge is -2.34. The van der Waals surface area contributed by atoms with Gasteiger partial charge in [0.15, 0.2) is 0 Å². The molecule has 1 aliphatic carbocycles. The molecule has 106 valence electrons. The van der Waals surface area contributed by atoms with Crippen LogP contribution in [0.4, 0.5) is 0 Å². The fourth-order valence-electron chi connectivity index (χ4n) is 3.43. The second kappa shape index (κ2) is 6.58. The molecule has 0 heterocycles. The quantitative estimate of drug-likeness (QED) is 0.681. The van der Waals surface area contributed by atoms with Crippen LogP contribution in [0.5, 0.6) is 0 Å². The average molecular weight is 254 g/mol. The largest absolute Gasteiger partial charge is 0.392 e. The molecule has 1 fully saturated rings. The number of nitrogens with one attached hydrogen (secondary N) is 1. The van der Waals surface area contributed by atoms with Crippen LogP contribution in [0.3, 0.4) is 0 Å². The Morgan fingerprint density at radius 2 is 2.00 bits per heavy atom. The van der Waals surface area contributed by atoms with E-state index in [4.69, 9.17) is 5.73 Å². The van der Waals surface area contributed by atoms with Gasteiger partial charge in [0.05, 0.1) is 6.10 Å². The summed E-state index contributed by atoms with van der Waals surface area (Å²) >= 11 is 0. The summed E-state index contributed by atoms with van der Waals surface area (Å²) < 4.78 is 0. The van der Waals surface area contributed by atoms with Gasteiger partial charge >= 0.3 is 0 Å². The molecule has 5 atom stereocenters. The molecule has 0 aromatic heterocycles. The summed E-state index contributed by atoms with van der Waals surface area (Å²) in [5.74, 6) is 0.943. The van der Waals surface area contributed by atoms with Crippen LogP contribution in [0.25, 0.3) is 0 Å². The Hall–Kier alpha value is -0.540. The number of nitrogens with two attached hydrogens (primary N) is 1. The number of hydrogen-bond donors (Lipinski definition) is 3. The molecule has 0 aliphatic heterocycles. The van der Waals surface area contributed by atoms with Gasteiger partial charge in [-0.05, 0) is 25.2 Å². The van der Waals surface area contributed by atoms with E-state index < -0.39 is 0 Å². The minimum atomic E-state index is -0.294. The van der Waals surface area contributed by atoms with Gasteiger partial charge < -0.3 is 16.2 Å². The standard InChI is InChI=1S/C15H30N2O/c1-6-11(7-2)14(16)13-12(17-9(3)4)8-10(5)15(13)18/h10-15,17-18H,3,6-8,16H2,1-2,4-5H3. The highest BCUT2D eigenvalue weighted by Crippen LogP contribution is 2.36. The Kier molecular flexibility index (Phi) is 5.67. The van der Waals surface area contributed by atoms with E-state index in [1.165, 1.54) is 0 Å². The molecule has 18 heavy (non-hydrogen) atoms. The Bertz CT molecular complexity index is 276. The summed E-state index contributed by atoms with van der Waals surface area (Å²) in [5.41, 5.74) is 7.39. The van der Waals surface area contributed by atoms with E-state index in [2.05, 4.69) is 32.7 Å². The van der Waals surface area contributed by atoms with Gasteiger partial charge in [-0.25, -0.2) is 0 Å². The first-order chi connectivity index (χ1) is 8.42. The van der Waals surface area contributed by atoms with Gasteiger partial charge in [-0.15, -0.1) is 0 Å². The Labute approximate surface area is 112 Å². The van der Waals surface area contributed by atoms with Crippen molar-refractivity contribution in [3.8, 4) is 0 Å². The maximum Gasteiger partial charge on any atom is 0.0629 e. The topological polar surface area (TPSA) is 58.3 Å². The van der Waals surface area contributed by atoms with Crippen molar-refractivity contribution in [3.63, 3.8) is 0 Å². The molecule has 3 heteroatoms. The van der Waals surface area contributed by atoms with E-state index in [9.17, 15) is 5.11 Å². The van der Waals surface area contributed by atoms with E-state index in [-0.39, 0.29) is 24.1 Å². The monoisotopic (exact) mass is 254 g/mol. The normalized spacial score (nSPS) is 33.7. The third-order valence-electron chi connectivity index (χ3n) is 4.54. The number of rotatable bonds is 6. The van der Waals surface area contributed by atoms with Gasteiger partial charge in [-0.2, -0.15) is 0 Å². The molecule has 0 amide bonds. The van der Waals surface area contributed by atoms with Crippen LogP contribution in [0.2, 0.25) is 0 Å². The lowest BCUT2D eigenvalue weighted by Crippen LogP contribution is -2.49. The van der Waals surface area contributed by atoms with Gasteiger partial charge in [0.25, 0.3) is 0 Å². The first-order valence-electron chi connectivity index (χ1n) is 7.27. The van der Waals surface area contributed by atoms with Gasteiger partial charge in [0.2, 0.25) is 0 Å². The van der Waals surface area contributed by atoms with Crippen LogP contribution in [0.1, 0.15) is 47.0 Å². The molecule has 0 bridgehead atoms. The Morgan fingerprint density at radius 1 is 1.44 bits per heavy atom. The number of aliphatic hydroxyl groups is 1. The second-order valence-corrected chi connectivity index (χ2v) is 5.97. The van der Waals surface area contributed by atoms with E-state index in [0.717, 1.165) is 25.0 Å². The van der Waals surface area contributed by atoms with Crippen molar-refractivity contribution in [2.24, 2.45) is 23.5 Å². The highest BCUT2D eigenvalue weighted by atomic mass is 16.3. The summed E-state index contributed by atoms with van der Waals surface area (Å²) in [5, 5.41) is 13.8. The van der Waals surface area contributed by atoms with E-state index >= 15 is 0 Å². The van der Waals surface area contributed by atoms with Crippen molar-refractivity contribution < 1.29 is 5.11 Å². The highest BCUT2D eigenvalue weighted by Gasteiger charge is 2.44.